The minimum absolute atomic E-state index is 0.595. The van der Waals surface area contributed by atoms with E-state index in [0.29, 0.717) is 5.03 Å². The van der Waals surface area contributed by atoms with Crippen molar-refractivity contribution in [2.24, 2.45) is 4.99 Å². The number of hydrogen-bond donors (Lipinski definition) is 0. The number of halogens is 1. The first-order valence-corrected chi connectivity index (χ1v) is 3.36. The molecule has 0 aliphatic carbocycles. The van der Waals surface area contributed by atoms with Crippen molar-refractivity contribution in [1.82, 2.24) is 0 Å². The molecule has 0 aromatic heterocycles. The van der Waals surface area contributed by atoms with Crippen LogP contribution >= 0.6 is 20.8 Å². The van der Waals surface area contributed by atoms with Gasteiger partial charge in [-0.05, 0) is 11.4 Å². The van der Waals surface area contributed by atoms with Crippen molar-refractivity contribution in [3.05, 3.63) is 23.0 Å². The van der Waals surface area contributed by atoms with Crippen molar-refractivity contribution in [3.63, 3.8) is 0 Å². The largest absolute Gasteiger partial charge is 0.295 e. The number of nitrogens with zero attached hydrogens (tertiary/aromatic N) is 1. The van der Waals surface area contributed by atoms with Crippen LogP contribution in [-0.2, 0) is 0 Å². The molecule has 1 unspecified atom stereocenters. The maximum absolute atomic E-state index is 5.61. The van der Waals surface area contributed by atoms with Gasteiger partial charge >= 0.3 is 0 Å². The summed E-state index contributed by atoms with van der Waals surface area (Å²) in [7, 11) is 4.10. The molecule has 0 heterocycles. The van der Waals surface area contributed by atoms with Gasteiger partial charge in [-0.3, -0.25) is 4.99 Å². The Kier molecular flexibility index (Phi) is 4.65. The van der Waals surface area contributed by atoms with Gasteiger partial charge in [0.2, 0.25) is 0 Å². The highest BCUT2D eigenvalue weighted by atomic mass is 35.5. The highest BCUT2D eigenvalue weighted by Gasteiger charge is 1.82. The van der Waals surface area contributed by atoms with Gasteiger partial charge in [-0.1, -0.05) is 18.2 Å². The van der Waals surface area contributed by atoms with Gasteiger partial charge in [0.25, 0.3) is 0 Å². The minimum Gasteiger partial charge on any atom is -0.295 e. The van der Waals surface area contributed by atoms with E-state index in [9.17, 15) is 0 Å². The normalized spacial score (nSPS) is 12.6. The molecule has 1 atom stereocenters. The van der Waals surface area contributed by atoms with Gasteiger partial charge in [0.15, 0.2) is 0 Å². The molecule has 3 heteroatoms. The maximum Gasteiger partial charge on any atom is 0.0590 e. The Balaban J connectivity index is 4.00. The van der Waals surface area contributed by atoms with Gasteiger partial charge in [0.05, 0.1) is 5.03 Å². The molecule has 0 aromatic rings. The average molecular weight is 162 g/mol. The second-order valence-electron chi connectivity index (χ2n) is 1.49. The van der Waals surface area contributed by atoms with Gasteiger partial charge in [0.1, 0.15) is 0 Å². The van der Waals surface area contributed by atoms with Gasteiger partial charge in [-0.2, -0.15) is 0 Å². The van der Waals surface area contributed by atoms with E-state index < -0.39 is 0 Å². The molecule has 0 bridgehead atoms. The lowest BCUT2D eigenvalue weighted by Gasteiger charge is -1.85. The van der Waals surface area contributed by atoms with Gasteiger partial charge in [-0.15, -0.1) is 9.24 Å². The Hall–Kier alpha value is -0.130. The first-order chi connectivity index (χ1) is 4.16. The van der Waals surface area contributed by atoms with Crippen LogP contribution in [-0.4, -0.2) is 13.3 Å². The van der Waals surface area contributed by atoms with Crippen molar-refractivity contribution >= 4 is 27.1 Å². The van der Waals surface area contributed by atoms with Crippen molar-refractivity contribution in [1.29, 1.82) is 0 Å². The molecule has 0 spiro atoms. The van der Waals surface area contributed by atoms with Crippen molar-refractivity contribution in [2.75, 3.05) is 7.05 Å². The van der Waals surface area contributed by atoms with Crippen LogP contribution in [0.4, 0.5) is 0 Å². The van der Waals surface area contributed by atoms with Crippen LogP contribution in [0.3, 0.4) is 0 Å². The lowest BCUT2D eigenvalue weighted by Crippen LogP contribution is -1.71. The van der Waals surface area contributed by atoms with Crippen LogP contribution < -0.4 is 0 Å². The first-order valence-electron chi connectivity index (χ1n) is 2.40. The molecule has 0 fully saturated rings. The predicted molar refractivity (Wildman–Crippen MR) is 47.2 cm³/mol. The lowest BCUT2D eigenvalue weighted by molar-refractivity contribution is 1.47. The monoisotopic (exact) mass is 161 g/mol. The summed E-state index contributed by atoms with van der Waals surface area (Å²) in [6, 6.07) is 0. The third kappa shape index (κ3) is 5.75. The van der Waals surface area contributed by atoms with Crippen LogP contribution in [0.1, 0.15) is 0 Å². The molecule has 50 valence electrons. The molecule has 0 aromatic carbocycles. The van der Waals surface area contributed by atoms with E-state index in [1.807, 2.05) is 0 Å². The van der Waals surface area contributed by atoms with Crippen LogP contribution in [0.25, 0.3) is 0 Å². The summed E-state index contributed by atoms with van der Waals surface area (Å²) in [6.07, 6.45) is 3.29. The van der Waals surface area contributed by atoms with E-state index in [1.54, 1.807) is 19.3 Å². The molecule has 9 heavy (non-hydrogen) atoms. The quantitative estimate of drug-likeness (QED) is 0.335. The second kappa shape index (κ2) is 4.72. The van der Waals surface area contributed by atoms with Gasteiger partial charge < -0.3 is 0 Å². The fourth-order valence-electron chi connectivity index (χ4n) is 0.338. The Morgan fingerprint density at radius 1 is 1.78 bits per heavy atom. The molecular formula is C6H9ClNP. The molecule has 0 rings (SSSR count). The summed E-state index contributed by atoms with van der Waals surface area (Å²) in [5.74, 6) is 0. The van der Waals surface area contributed by atoms with Crippen molar-refractivity contribution in [2.45, 2.75) is 0 Å². The summed E-state index contributed by atoms with van der Waals surface area (Å²) >= 11 is 5.61. The smallest absolute Gasteiger partial charge is 0.0590 e. The maximum atomic E-state index is 5.61. The zero-order valence-corrected chi connectivity index (χ0v) is 7.17. The molecule has 0 saturated carbocycles. The highest BCUT2D eigenvalue weighted by molar-refractivity contribution is 7.22. The number of aliphatic imine (C=N–C) groups is 1. The molecule has 0 saturated heterocycles. The van der Waals surface area contributed by atoms with Crippen molar-refractivity contribution < 1.29 is 0 Å². The SMILES string of the molecule is C=C(P)/C=C(Cl)\C=N/C. The van der Waals surface area contributed by atoms with Crippen LogP contribution in [0.2, 0.25) is 0 Å². The van der Waals surface area contributed by atoms with E-state index in [2.05, 4.69) is 20.8 Å². The molecular weight excluding hydrogens is 152 g/mol. The summed E-state index contributed by atoms with van der Waals surface area (Å²) in [6.45, 7) is 3.62. The first kappa shape index (κ1) is 8.87. The summed E-state index contributed by atoms with van der Waals surface area (Å²) in [5.41, 5.74) is 0. The predicted octanol–water partition coefficient (Wildman–Crippen LogP) is 2.20. The van der Waals surface area contributed by atoms with E-state index in [0.717, 1.165) is 5.31 Å². The molecule has 0 amide bonds. The van der Waals surface area contributed by atoms with Crippen LogP contribution in [0, 0.1) is 0 Å². The third-order valence-electron chi connectivity index (χ3n) is 0.576. The third-order valence-corrected chi connectivity index (χ3v) is 0.949. The standard InChI is InChI=1S/C6H9ClNP/c1-5(9)3-6(7)4-8-2/h3-4H,1,9H2,2H3/b6-3+,8-4-. The lowest BCUT2D eigenvalue weighted by atomic mass is 10.5. The van der Waals surface area contributed by atoms with Gasteiger partial charge in [0, 0.05) is 13.3 Å². The van der Waals surface area contributed by atoms with Crippen LogP contribution in [0.5, 0.6) is 0 Å². The molecule has 0 aliphatic rings. The number of hydrogen-bond acceptors (Lipinski definition) is 1. The zero-order chi connectivity index (χ0) is 7.28. The summed E-state index contributed by atoms with van der Waals surface area (Å²) < 4.78 is 0. The Bertz CT molecular complexity index is 160. The highest BCUT2D eigenvalue weighted by Crippen LogP contribution is 2.08. The minimum atomic E-state index is 0.595. The average Bonchev–Trinajstić information content (AvgIpc) is 1.63. The van der Waals surface area contributed by atoms with E-state index in [-0.39, 0.29) is 0 Å². The summed E-state index contributed by atoms with van der Waals surface area (Å²) in [4.78, 5) is 3.71. The Morgan fingerprint density at radius 2 is 2.33 bits per heavy atom. The van der Waals surface area contributed by atoms with E-state index in [4.69, 9.17) is 11.6 Å². The second-order valence-corrected chi connectivity index (χ2v) is 2.67. The molecule has 0 aliphatic heterocycles. The zero-order valence-electron chi connectivity index (χ0n) is 5.26. The molecule has 0 N–H and O–H groups in total. The van der Waals surface area contributed by atoms with Gasteiger partial charge in [-0.25, -0.2) is 0 Å². The fraction of sp³-hybridized carbons (Fsp3) is 0.167. The topological polar surface area (TPSA) is 12.4 Å². The fourth-order valence-corrected chi connectivity index (χ4v) is 0.861. The Labute approximate surface area is 62.7 Å². The molecule has 0 radical (unpaired) electrons. The summed E-state index contributed by atoms with van der Waals surface area (Å²) in [5, 5.41) is 1.44. The van der Waals surface area contributed by atoms with E-state index >= 15 is 0 Å². The van der Waals surface area contributed by atoms with Crippen LogP contribution in [0.15, 0.2) is 28.0 Å². The number of rotatable bonds is 2. The Morgan fingerprint density at radius 3 is 2.67 bits per heavy atom. The number of allylic oxidation sites excluding steroid dienone is 3. The van der Waals surface area contributed by atoms with E-state index in [1.165, 1.54) is 0 Å². The molecule has 1 nitrogen and oxygen atoms in total. The van der Waals surface area contributed by atoms with Crippen molar-refractivity contribution in [3.8, 4) is 0 Å².